The van der Waals surface area contributed by atoms with Gasteiger partial charge in [0.1, 0.15) is 11.6 Å². The minimum absolute atomic E-state index is 0.0902. The standard InChI is InChI=1S/C29H33F2N5O5/c1-5-25(37)34-21-15-41-14-20(21)33-24-11-18-16(13-32-24)10-19(35-29(18)36-8-6-17(38-2)7-9-36)26-27(30)22(39-3)12-23(40-4)28(26)31/h5,10-13,17,20-21H,1,6-9,14-15H2,2-4H3,(H,32,33)(H,34,37)/t20-,21+/m1/s1. The number of hydrogen-bond acceptors (Lipinski definition) is 9. The number of fused-ring (bicyclic) bond motifs is 1. The lowest BCUT2D eigenvalue weighted by molar-refractivity contribution is -0.117. The van der Waals surface area contributed by atoms with Gasteiger partial charge >= 0.3 is 0 Å². The van der Waals surface area contributed by atoms with Gasteiger partial charge in [-0.15, -0.1) is 0 Å². The van der Waals surface area contributed by atoms with E-state index in [1.807, 2.05) is 6.07 Å². The van der Waals surface area contributed by atoms with Gasteiger partial charge in [-0.05, 0) is 31.1 Å². The molecule has 1 aromatic carbocycles. The van der Waals surface area contributed by atoms with Crippen molar-refractivity contribution in [1.82, 2.24) is 15.3 Å². The highest BCUT2D eigenvalue weighted by Gasteiger charge is 2.30. The van der Waals surface area contributed by atoms with Crippen LogP contribution in [0.5, 0.6) is 11.5 Å². The first kappa shape index (κ1) is 28.5. The number of halogens is 2. The van der Waals surface area contributed by atoms with Gasteiger partial charge < -0.3 is 34.5 Å². The maximum atomic E-state index is 15.5. The van der Waals surface area contributed by atoms with Crippen LogP contribution in [0.2, 0.25) is 0 Å². The third-order valence-electron chi connectivity index (χ3n) is 7.53. The fourth-order valence-electron chi connectivity index (χ4n) is 5.26. The molecule has 0 bridgehead atoms. The Morgan fingerprint density at radius 3 is 2.39 bits per heavy atom. The average Bonchev–Trinajstić information content (AvgIpc) is 3.43. The van der Waals surface area contributed by atoms with E-state index in [-0.39, 0.29) is 46.9 Å². The molecule has 2 aromatic heterocycles. The molecule has 0 unspecified atom stereocenters. The van der Waals surface area contributed by atoms with Crippen molar-refractivity contribution in [2.75, 3.05) is 57.8 Å². The maximum absolute atomic E-state index is 15.5. The molecule has 2 aliphatic rings. The average molecular weight is 570 g/mol. The zero-order chi connectivity index (χ0) is 29.1. The quantitative estimate of drug-likeness (QED) is 0.373. The van der Waals surface area contributed by atoms with Crippen molar-refractivity contribution in [3.8, 4) is 22.8 Å². The Morgan fingerprint density at radius 1 is 1.07 bits per heavy atom. The Hall–Kier alpha value is -4.03. The lowest BCUT2D eigenvalue weighted by Gasteiger charge is -2.33. The van der Waals surface area contributed by atoms with Crippen molar-refractivity contribution in [2.24, 2.45) is 0 Å². The number of aromatic nitrogens is 2. The van der Waals surface area contributed by atoms with Crippen LogP contribution in [0.25, 0.3) is 22.0 Å². The van der Waals surface area contributed by atoms with Crippen LogP contribution in [0, 0.1) is 11.6 Å². The minimum atomic E-state index is -0.873. The van der Waals surface area contributed by atoms with Crippen molar-refractivity contribution in [3.63, 3.8) is 0 Å². The second-order valence-corrected chi connectivity index (χ2v) is 9.94. The molecule has 3 aromatic rings. The lowest BCUT2D eigenvalue weighted by Crippen LogP contribution is -2.45. The predicted molar refractivity (Wildman–Crippen MR) is 151 cm³/mol. The molecular formula is C29H33F2N5O5. The van der Waals surface area contributed by atoms with E-state index in [0.29, 0.717) is 43.3 Å². The molecule has 2 fully saturated rings. The minimum Gasteiger partial charge on any atom is -0.494 e. The number of rotatable bonds is 9. The molecule has 2 aliphatic heterocycles. The van der Waals surface area contributed by atoms with Crippen molar-refractivity contribution >= 4 is 28.3 Å². The van der Waals surface area contributed by atoms with Gasteiger partial charge in [0.15, 0.2) is 23.1 Å². The zero-order valence-corrected chi connectivity index (χ0v) is 23.2. The second kappa shape index (κ2) is 12.2. The summed E-state index contributed by atoms with van der Waals surface area (Å²) in [4.78, 5) is 23.3. The molecule has 12 heteroatoms. The molecule has 10 nitrogen and oxygen atoms in total. The number of methoxy groups -OCH3 is 3. The maximum Gasteiger partial charge on any atom is 0.243 e. The summed E-state index contributed by atoms with van der Waals surface area (Å²) in [5.74, 6) is -1.23. The number of anilines is 2. The van der Waals surface area contributed by atoms with Gasteiger partial charge in [0.25, 0.3) is 0 Å². The van der Waals surface area contributed by atoms with E-state index in [0.717, 1.165) is 18.2 Å². The number of pyridine rings is 2. The first-order valence-corrected chi connectivity index (χ1v) is 13.3. The van der Waals surface area contributed by atoms with Gasteiger partial charge in [0, 0.05) is 43.2 Å². The highest BCUT2D eigenvalue weighted by molar-refractivity contribution is 5.96. The van der Waals surface area contributed by atoms with Crippen LogP contribution in [-0.4, -0.2) is 81.7 Å². The number of piperidine rings is 1. The molecular weight excluding hydrogens is 536 g/mol. The third kappa shape index (κ3) is 5.75. The Labute approximate surface area is 236 Å². The molecule has 4 heterocycles. The second-order valence-electron chi connectivity index (χ2n) is 9.94. The highest BCUT2D eigenvalue weighted by atomic mass is 19.1. The van der Waals surface area contributed by atoms with Crippen LogP contribution in [-0.2, 0) is 14.3 Å². The fourth-order valence-corrected chi connectivity index (χ4v) is 5.26. The summed E-state index contributed by atoms with van der Waals surface area (Å²) >= 11 is 0. The summed E-state index contributed by atoms with van der Waals surface area (Å²) < 4.78 is 52.4. The number of amides is 1. The monoisotopic (exact) mass is 569 g/mol. The first-order valence-electron chi connectivity index (χ1n) is 13.3. The van der Waals surface area contributed by atoms with Crippen molar-refractivity contribution in [1.29, 1.82) is 0 Å². The molecule has 2 N–H and O–H groups in total. The lowest BCUT2D eigenvalue weighted by atomic mass is 10.0. The van der Waals surface area contributed by atoms with Crippen molar-refractivity contribution in [2.45, 2.75) is 31.0 Å². The third-order valence-corrected chi connectivity index (χ3v) is 7.53. The fraction of sp³-hybridized carbons (Fsp3) is 0.414. The summed E-state index contributed by atoms with van der Waals surface area (Å²) in [6.07, 6.45) is 4.53. The Bertz CT molecular complexity index is 1420. The summed E-state index contributed by atoms with van der Waals surface area (Å²) in [7, 11) is 4.30. The van der Waals surface area contributed by atoms with E-state index < -0.39 is 11.6 Å². The van der Waals surface area contributed by atoms with Crippen LogP contribution in [0.4, 0.5) is 20.4 Å². The normalized spacial score (nSPS) is 19.3. The van der Waals surface area contributed by atoms with Gasteiger partial charge in [-0.1, -0.05) is 6.58 Å². The topological polar surface area (TPSA) is 107 Å². The van der Waals surface area contributed by atoms with Crippen LogP contribution >= 0.6 is 0 Å². The van der Waals surface area contributed by atoms with Crippen molar-refractivity contribution < 1.29 is 32.5 Å². The van der Waals surface area contributed by atoms with E-state index in [4.69, 9.17) is 23.9 Å². The van der Waals surface area contributed by atoms with Gasteiger partial charge in [-0.2, -0.15) is 0 Å². The molecule has 0 aliphatic carbocycles. The first-order chi connectivity index (χ1) is 19.9. The number of ether oxygens (including phenoxy) is 4. The molecule has 41 heavy (non-hydrogen) atoms. The largest absolute Gasteiger partial charge is 0.494 e. The van der Waals surface area contributed by atoms with Gasteiger partial charge in [0.2, 0.25) is 5.91 Å². The molecule has 0 spiro atoms. The molecule has 0 radical (unpaired) electrons. The number of carbonyl (C=O) groups is 1. The molecule has 0 saturated carbocycles. The predicted octanol–water partition coefficient (Wildman–Crippen LogP) is 3.69. The summed E-state index contributed by atoms with van der Waals surface area (Å²) in [5, 5.41) is 7.61. The number of hydrogen-bond donors (Lipinski definition) is 2. The van der Waals surface area contributed by atoms with Crippen molar-refractivity contribution in [3.05, 3.63) is 48.7 Å². The Balaban J connectivity index is 1.58. The smallest absolute Gasteiger partial charge is 0.243 e. The number of carbonyl (C=O) groups excluding carboxylic acids is 1. The molecule has 5 rings (SSSR count). The molecule has 2 saturated heterocycles. The number of nitrogens with zero attached hydrogens (tertiary/aromatic N) is 3. The highest BCUT2D eigenvalue weighted by Crippen LogP contribution is 2.40. The van der Waals surface area contributed by atoms with Gasteiger partial charge in [0.05, 0.1) is 56.9 Å². The molecule has 2 atom stereocenters. The summed E-state index contributed by atoms with van der Waals surface area (Å²) in [6, 6.07) is 4.14. The summed E-state index contributed by atoms with van der Waals surface area (Å²) in [5.41, 5.74) is -0.255. The Morgan fingerprint density at radius 2 is 1.76 bits per heavy atom. The van der Waals surface area contributed by atoms with Crippen LogP contribution in [0.15, 0.2) is 37.1 Å². The van der Waals surface area contributed by atoms with Crippen LogP contribution < -0.4 is 25.0 Å². The van der Waals surface area contributed by atoms with E-state index in [1.54, 1.807) is 19.4 Å². The zero-order valence-electron chi connectivity index (χ0n) is 23.2. The Kier molecular flexibility index (Phi) is 8.50. The van der Waals surface area contributed by atoms with E-state index >= 15 is 8.78 Å². The molecule has 1 amide bonds. The van der Waals surface area contributed by atoms with Gasteiger partial charge in [-0.3, -0.25) is 4.79 Å². The van der Waals surface area contributed by atoms with E-state index in [2.05, 4.69) is 27.1 Å². The van der Waals surface area contributed by atoms with Crippen LogP contribution in [0.3, 0.4) is 0 Å². The summed E-state index contributed by atoms with van der Waals surface area (Å²) in [6.45, 7) is 5.54. The number of nitrogens with one attached hydrogen (secondary N) is 2. The van der Waals surface area contributed by atoms with E-state index in [1.165, 1.54) is 26.4 Å². The van der Waals surface area contributed by atoms with E-state index in [9.17, 15) is 4.79 Å². The number of benzene rings is 1. The van der Waals surface area contributed by atoms with Crippen LogP contribution in [0.1, 0.15) is 12.8 Å². The molecule has 218 valence electrons. The SMILES string of the molecule is C=CC(=O)N[C@H]1COC[C@H]1Nc1cc2c(N3CCC(OC)CC3)nc(-c3c(F)c(OC)cc(OC)c3F)cc2cn1. The van der Waals surface area contributed by atoms with Gasteiger partial charge in [-0.25, -0.2) is 18.7 Å².